The van der Waals surface area contributed by atoms with Gasteiger partial charge in [-0.3, -0.25) is 9.69 Å². The van der Waals surface area contributed by atoms with E-state index in [2.05, 4.69) is 21.8 Å². The predicted octanol–water partition coefficient (Wildman–Crippen LogP) is 3.13. The van der Waals surface area contributed by atoms with Gasteiger partial charge in [-0.15, -0.1) is 0 Å². The van der Waals surface area contributed by atoms with Gasteiger partial charge in [0.05, 0.1) is 4.90 Å². The summed E-state index contributed by atoms with van der Waals surface area (Å²) in [6.07, 6.45) is 3.30. The van der Waals surface area contributed by atoms with E-state index in [4.69, 9.17) is 0 Å². The van der Waals surface area contributed by atoms with Gasteiger partial charge in [-0.1, -0.05) is 48.0 Å². The lowest BCUT2D eigenvalue weighted by Crippen LogP contribution is -2.49. The Hall–Kier alpha value is -1.87. The molecule has 1 aliphatic rings. The summed E-state index contributed by atoms with van der Waals surface area (Å²) in [7, 11) is -3.77. The molecule has 2 aromatic carbocycles. The Morgan fingerprint density at radius 2 is 1.75 bits per heavy atom. The van der Waals surface area contributed by atoms with Crippen molar-refractivity contribution in [2.75, 3.05) is 38.2 Å². The van der Waals surface area contributed by atoms with Crippen LogP contribution in [0.15, 0.2) is 59.5 Å². The number of thioether (sulfide) groups is 1. The molecule has 0 saturated carbocycles. The molecule has 1 aliphatic heterocycles. The number of hydrogen-bond donors (Lipinski definition) is 1. The molecule has 1 saturated heterocycles. The Morgan fingerprint density at radius 3 is 2.44 bits per heavy atom. The molecule has 1 atom stereocenters. The average molecular weight is 476 g/mol. The number of carbonyl (C=O) groups is 1. The molecule has 2 aromatic rings. The Bertz CT molecular complexity index is 966. The number of rotatable bonds is 9. The van der Waals surface area contributed by atoms with Crippen LogP contribution in [-0.4, -0.2) is 68.4 Å². The van der Waals surface area contributed by atoms with Crippen LogP contribution in [0.25, 0.3) is 0 Å². The van der Waals surface area contributed by atoms with Crippen LogP contribution in [0.2, 0.25) is 0 Å². The third-order valence-corrected chi connectivity index (χ3v) is 7.82. The lowest BCUT2D eigenvalue weighted by Gasteiger charge is -2.27. The molecular formula is C24H33N3O3S2. The molecule has 32 heavy (non-hydrogen) atoms. The Morgan fingerprint density at radius 1 is 1.03 bits per heavy atom. The second-order valence-corrected chi connectivity index (χ2v) is 10.9. The number of nitrogens with one attached hydrogen (secondary N) is 1. The van der Waals surface area contributed by atoms with Crippen molar-refractivity contribution in [2.24, 2.45) is 0 Å². The van der Waals surface area contributed by atoms with Crippen molar-refractivity contribution >= 4 is 27.7 Å². The van der Waals surface area contributed by atoms with Gasteiger partial charge in [-0.25, -0.2) is 8.42 Å². The Kier molecular flexibility index (Phi) is 9.16. The Labute approximate surface area is 196 Å². The highest BCUT2D eigenvalue weighted by Crippen LogP contribution is 2.15. The van der Waals surface area contributed by atoms with Crippen molar-refractivity contribution in [3.05, 3.63) is 65.7 Å². The van der Waals surface area contributed by atoms with Gasteiger partial charge in [-0.2, -0.15) is 16.5 Å². The molecule has 1 heterocycles. The maximum absolute atomic E-state index is 13.4. The minimum Gasteiger partial charge on any atom is -0.340 e. The molecule has 0 bridgehead atoms. The first-order chi connectivity index (χ1) is 15.4. The highest BCUT2D eigenvalue weighted by atomic mass is 32.2. The SMILES string of the molecule is CSCCC(NS(=O)(=O)c1ccc(C)cc1)C(=O)N1CCCN(Cc2ccccc2)CC1. The Balaban J connectivity index is 1.66. The highest BCUT2D eigenvalue weighted by Gasteiger charge is 2.30. The normalized spacial score (nSPS) is 16.5. The van der Waals surface area contributed by atoms with E-state index < -0.39 is 16.1 Å². The van der Waals surface area contributed by atoms with Gasteiger partial charge in [0.15, 0.2) is 0 Å². The smallest absolute Gasteiger partial charge is 0.241 e. The maximum Gasteiger partial charge on any atom is 0.241 e. The molecule has 6 nitrogen and oxygen atoms in total. The zero-order chi connectivity index (χ0) is 23.0. The summed E-state index contributed by atoms with van der Waals surface area (Å²) < 4.78 is 28.5. The molecule has 8 heteroatoms. The molecule has 1 fully saturated rings. The molecule has 0 aliphatic carbocycles. The van der Waals surface area contributed by atoms with Gasteiger partial charge in [0, 0.05) is 32.7 Å². The third-order valence-electron chi connectivity index (χ3n) is 5.69. The van der Waals surface area contributed by atoms with Crippen LogP contribution < -0.4 is 4.72 Å². The van der Waals surface area contributed by atoms with E-state index >= 15 is 0 Å². The second kappa shape index (κ2) is 11.8. The highest BCUT2D eigenvalue weighted by molar-refractivity contribution is 7.98. The first-order valence-electron chi connectivity index (χ1n) is 11.0. The summed E-state index contributed by atoms with van der Waals surface area (Å²) in [5, 5.41) is 0. The largest absolute Gasteiger partial charge is 0.340 e. The topological polar surface area (TPSA) is 69.7 Å². The van der Waals surface area contributed by atoms with E-state index in [1.54, 1.807) is 36.0 Å². The van der Waals surface area contributed by atoms with Gasteiger partial charge >= 0.3 is 0 Å². The first-order valence-corrected chi connectivity index (χ1v) is 13.9. The van der Waals surface area contributed by atoms with E-state index in [1.165, 1.54) is 5.56 Å². The quantitative estimate of drug-likeness (QED) is 0.603. The summed E-state index contributed by atoms with van der Waals surface area (Å²) in [5.74, 6) is 0.581. The monoisotopic (exact) mass is 475 g/mol. The summed E-state index contributed by atoms with van der Waals surface area (Å²) >= 11 is 1.61. The molecular weight excluding hydrogens is 442 g/mol. The van der Waals surface area contributed by atoms with Crippen molar-refractivity contribution in [3.63, 3.8) is 0 Å². The third kappa shape index (κ3) is 7.07. The van der Waals surface area contributed by atoms with Gasteiger partial charge in [-0.05, 0) is 49.5 Å². The minimum absolute atomic E-state index is 0.128. The second-order valence-electron chi connectivity index (χ2n) is 8.21. The number of sulfonamides is 1. The molecule has 174 valence electrons. The molecule has 0 spiro atoms. The van der Waals surface area contributed by atoms with E-state index in [-0.39, 0.29) is 10.8 Å². The minimum atomic E-state index is -3.77. The summed E-state index contributed by atoms with van der Waals surface area (Å²) in [4.78, 5) is 17.7. The molecule has 1 N–H and O–H groups in total. The van der Waals surface area contributed by atoms with Crippen LogP contribution in [0.5, 0.6) is 0 Å². The molecule has 0 radical (unpaired) electrons. The van der Waals surface area contributed by atoms with Gasteiger partial charge in [0.2, 0.25) is 15.9 Å². The fourth-order valence-corrected chi connectivity index (χ4v) is 5.55. The average Bonchev–Trinajstić information content (AvgIpc) is 3.02. The van der Waals surface area contributed by atoms with Gasteiger partial charge < -0.3 is 4.90 Å². The fourth-order valence-electron chi connectivity index (χ4n) is 3.85. The van der Waals surface area contributed by atoms with Crippen molar-refractivity contribution in [3.8, 4) is 0 Å². The number of benzene rings is 2. The number of aryl methyl sites for hydroxylation is 1. The van der Waals surface area contributed by atoms with Crippen LogP contribution in [0.3, 0.4) is 0 Å². The number of carbonyl (C=O) groups excluding carboxylic acids is 1. The van der Waals surface area contributed by atoms with Gasteiger partial charge in [0.1, 0.15) is 6.04 Å². The summed E-state index contributed by atoms with van der Waals surface area (Å²) in [6, 6.07) is 16.3. The summed E-state index contributed by atoms with van der Waals surface area (Å²) in [5.41, 5.74) is 2.25. The first kappa shape index (κ1) is 24.8. The molecule has 0 aromatic heterocycles. The zero-order valence-electron chi connectivity index (χ0n) is 18.9. The summed E-state index contributed by atoms with van der Waals surface area (Å²) in [6.45, 7) is 5.72. The van der Waals surface area contributed by atoms with E-state index in [0.29, 0.717) is 25.3 Å². The van der Waals surface area contributed by atoms with Crippen molar-refractivity contribution in [1.29, 1.82) is 0 Å². The fraction of sp³-hybridized carbons (Fsp3) is 0.458. The van der Waals surface area contributed by atoms with Crippen molar-refractivity contribution in [1.82, 2.24) is 14.5 Å². The van der Waals surface area contributed by atoms with E-state index in [0.717, 1.165) is 31.6 Å². The maximum atomic E-state index is 13.4. The predicted molar refractivity (Wildman–Crippen MR) is 131 cm³/mol. The van der Waals surface area contributed by atoms with Crippen LogP contribution in [0.1, 0.15) is 24.0 Å². The molecule has 1 unspecified atom stereocenters. The zero-order valence-corrected chi connectivity index (χ0v) is 20.5. The van der Waals surface area contributed by atoms with E-state index in [9.17, 15) is 13.2 Å². The molecule has 1 amide bonds. The molecule has 3 rings (SSSR count). The standard InChI is InChI=1S/C24H33N3O3S2/c1-20-9-11-22(12-10-20)32(29,30)25-23(13-18-31-2)24(28)27-15-6-14-26(16-17-27)19-21-7-4-3-5-8-21/h3-5,7-12,23,25H,6,13-19H2,1-2H3. The lowest BCUT2D eigenvalue weighted by atomic mass is 10.2. The van der Waals surface area contributed by atoms with E-state index in [1.807, 2.05) is 36.3 Å². The van der Waals surface area contributed by atoms with Crippen LogP contribution in [0.4, 0.5) is 0 Å². The number of nitrogens with zero attached hydrogens (tertiary/aromatic N) is 2. The van der Waals surface area contributed by atoms with Crippen molar-refractivity contribution in [2.45, 2.75) is 37.2 Å². The van der Waals surface area contributed by atoms with Crippen LogP contribution >= 0.6 is 11.8 Å². The van der Waals surface area contributed by atoms with Crippen LogP contribution in [0, 0.1) is 6.92 Å². The van der Waals surface area contributed by atoms with Crippen molar-refractivity contribution < 1.29 is 13.2 Å². The number of amides is 1. The lowest BCUT2D eigenvalue weighted by molar-refractivity contribution is -0.132. The van der Waals surface area contributed by atoms with Crippen LogP contribution in [-0.2, 0) is 21.4 Å². The number of hydrogen-bond acceptors (Lipinski definition) is 5. The van der Waals surface area contributed by atoms with Gasteiger partial charge in [0.25, 0.3) is 0 Å².